The van der Waals surface area contributed by atoms with Crippen LogP contribution in [-0.4, -0.2) is 35.5 Å². The third kappa shape index (κ3) is 4.40. The summed E-state index contributed by atoms with van der Waals surface area (Å²) in [4.78, 5) is 29.4. The highest BCUT2D eigenvalue weighted by Crippen LogP contribution is 2.22. The Bertz CT molecular complexity index is 1140. The molecule has 0 N–H and O–H groups in total. The molecule has 0 atom stereocenters. The zero-order chi connectivity index (χ0) is 20.2. The van der Waals surface area contributed by atoms with Gasteiger partial charge in [0.15, 0.2) is 5.78 Å². The molecule has 0 unspecified atom stereocenters. The van der Waals surface area contributed by atoms with E-state index in [0.29, 0.717) is 0 Å². The summed E-state index contributed by atoms with van der Waals surface area (Å²) < 4.78 is 1.69. The maximum atomic E-state index is 12.5. The number of carbonyl (C=O) groups excluding carboxylic acids is 1. The first-order valence-corrected chi connectivity index (χ1v) is 9.28. The van der Waals surface area contributed by atoms with Gasteiger partial charge in [-0.25, -0.2) is 0 Å². The summed E-state index contributed by atoms with van der Waals surface area (Å²) in [5, 5.41) is 4.49. The minimum Gasteiger partial charge on any atom is -0.297 e. The molecule has 0 aliphatic rings. The maximum absolute atomic E-state index is 12.5. The molecule has 0 radical (unpaired) electrons. The summed E-state index contributed by atoms with van der Waals surface area (Å²) in [5.41, 5.74) is 6.23. The average Bonchev–Trinajstić information content (AvgIpc) is 3.09. The molecule has 0 spiro atoms. The smallest absolute Gasteiger partial charge is 0.160 e. The van der Waals surface area contributed by atoms with Crippen molar-refractivity contribution in [1.29, 1.82) is 0 Å². The Hall–Kier alpha value is -3.74. The van der Waals surface area contributed by atoms with Gasteiger partial charge in [-0.3, -0.25) is 29.4 Å². The van der Waals surface area contributed by atoms with Crippen LogP contribution in [0.3, 0.4) is 0 Å². The lowest BCUT2D eigenvalue weighted by Crippen LogP contribution is -2.13. The third-order valence-electron chi connectivity index (χ3n) is 4.55. The van der Waals surface area contributed by atoms with Crippen LogP contribution in [0.5, 0.6) is 0 Å². The Morgan fingerprint density at radius 2 is 1.86 bits per heavy atom. The molecule has 0 saturated carbocycles. The Balaban J connectivity index is 1.43. The van der Waals surface area contributed by atoms with E-state index >= 15 is 0 Å². The zero-order valence-electron chi connectivity index (χ0n) is 16.3. The number of aromatic nitrogens is 6. The summed E-state index contributed by atoms with van der Waals surface area (Å²) in [5.74, 6) is 0.0460. The fourth-order valence-electron chi connectivity index (χ4n) is 3.16. The van der Waals surface area contributed by atoms with Gasteiger partial charge in [0, 0.05) is 53.5 Å². The predicted octanol–water partition coefficient (Wildman–Crippen LogP) is 3.23. The molecule has 0 fully saturated rings. The highest BCUT2D eigenvalue weighted by atomic mass is 16.1. The van der Waals surface area contributed by atoms with Gasteiger partial charge in [-0.1, -0.05) is 0 Å². The summed E-state index contributed by atoms with van der Waals surface area (Å²) in [6, 6.07) is 7.72. The highest BCUT2D eigenvalue weighted by Gasteiger charge is 2.12. The van der Waals surface area contributed by atoms with Crippen LogP contribution >= 0.6 is 0 Å². The highest BCUT2D eigenvalue weighted by molar-refractivity contribution is 5.80. The third-order valence-corrected chi connectivity index (χ3v) is 4.55. The quantitative estimate of drug-likeness (QED) is 0.507. The first kappa shape index (κ1) is 18.6. The molecule has 7 nitrogen and oxygen atoms in total. The van der Waals surface area contributed by atoms with Gasteiger partial charge in [0.1, 0.15) is 0 Å². The Labute approximate surface area is 168 Å². The normalized spacial score (nSPS) is 10.8. The topological polar surface area (TPSA) is 86.5 Å². The van der Waals surface area contributed by atoms with Gasteiger partial charge >= 0.3 is 0 Å². The first-order valence-electron chi connectivity index (χ1n) is 9.28. The molecule has 0 aliphatic carbocycles. The van der Waals surface area contributed by atoms with E-state index in [1.165, 1.54) is 0 Å². The summed E-state index contributed by atoms with van der Waals surface area (Å²) in [6.07, 6.45) is 10.6. The van der Waals surface area contributed by atoms with E-state index in [2.05, 4.69) is 25.0 Å². The Morgan fingerprint density at radius 1 is 0.966 bits per heavy atom. The van der Waals surface area contributed by atoms with Gasteiger partial charge in [0.2, 0.25) is 0 Å². The van der Waals surface area contributed by atoms with E-state index in [1.807, 2.05) is 44.3 Å². The number of ketones is 1. The number of aryl methyl sites for hydroxylation is 2. The molecule has 0 aliphatic heterocycles. The van der Waals surface area contributed by atoms with Gasteiger partial charge in [0.25, 0.3) is 0 Å². The van der Waals surface area contributed by atoms with E-state index in [-0.39, 0.29) is 18.7 Å². The lowest BCUT2D eigenvalue weighted by atomic mass is 10.1. The molecule has 4 rings (SSSR count). The second-order valence-electron chi connectivity index (χ2n) is 6.86. The fourth-order valence-corrected chi connectivity index (χ4v) is 3.16. The molecular formula is C22H20N6O. The minimum absolute atomic E-state index is 0.0460. The van der Waals surface area contributed by atoms with E-state index < -0.39 is 0 Å². The number of hydrogen-bond acceptors (Lipinski definition) is 6. The minimum atomic E-state index is 0.0460. The number of rotatable bonds is 6. The molecule has 4 heterocycles. The van der Waals surface area contributed by atoms with Crippen LogP contribution in [0.15, 0.2) is 61.4 Å². The van der Waals surface area contributed by atoms with Crippen LogP contribution in [-0.2, 0) is 17.8 Å². The van der Waals surface area contributed by atoms with Crippen LogP contribution in [0.2, 0.25) is 0 Å². The molecule has 29 heavy (non-hydrogen) atoms. The van der Waals surface area contributed by atoms with Crippen LogP contribution in [0.25, 0.3) is 22.4 Å². The average molecular weight is 384 g/mol. The molecule has 4 aromatic rings. The van der Waals surface area contributed by atoms with E-state index in [4.69, 9.17) is 0 Å². The number of hydrogen-bond donors (Lipinski definition) is 0. The lowest BCUT2D eigenvalue weighted by Gasteiger charge is -2.03. The van der Waals surface area contributed by atoms with Crippen molar-refractivity contribution in [3.63, 3.8) is 0 Å². The molecule has 4 aromatic heterocycles. The van der Waals surface area contributed by atoms with E-state index in [0.717, 1.165) is 39.5 Å². The molecule has 144 valence electrons. The second-order valence-corrected chi connectivity index (χ2v) is 6.86. The molecule has 0 bridgehead atoms. The number of pyridine rings is 2. The first-order chi connectivity index (χ1) is 14.1. The van der Waals surface area contributed by atoms with Gasteiger partial charge in [-0.15, -0.1) is 0 Å². The number of Topliss-reactive ketones (excluding diaryl/α,β-unsaturated/α-hetero) is 1. The molecular weight excluding hydrogens is 364 g/mol. The second kappa shape index (κ2) is 8.10. The van der Waals surface area contributed by atoms with Crippen molar-refractivity contribution in [3.8, 4) is 22.4 Å². The van der Waals surface area contributed by atoms with Gasteiger partial charge in [-0.05, 0) is 43.7 Å². The van der Waals surface area contributed by atoms with Crippen LogP contribution < -0.4 is 0 Å². The van der Waals surface area contributed by atoms with Gasteiger partial charge in [-0.2, -0.15) is 5.10 Å². The summed E-state index contributed by atoms with van der Waals surface area (Å²) >= 11 is 0. The van der Waals surface area contributed by atoms with E-state index in [1.54, 1.807) is 35.7 Å². The molecule has 0 saturated heterocycles. The largest absolute Gasteiger partial charge is 0.297 e. The SMILES string of the molecule is Cc1cc(-c2cn(CC(=O)Cc3ccc(-c4cnccn4)cn3)nc2C)ccn1. The zero-order valence-corrected chi connectivity index (χ0v) is 16.3. The van der Waals surface area contributed by atoms with Crippen molar-refractivity contribution in [2.75, 3.05) is 0 Å². The molecule has 0 amide bonds. The van der Waals surface area contributed by atoms with Crippen LogP contribution in [0.4, 0.5) is 0 Å². The predicted molar refractivity (Wildman–Crippen MR) is 109 cm³/mol. The number of carbonyl (C=O) groups is 1. The number of nitrogens with zero attached hydrogens (tertiary/aromatic N) is 6. The van der Waals surface area contributed by atoms with Crippen molar-refractivity contribution in [2.24, 2.45) is 0 Å². The van der Waals surface area contributed by atoms with E-state index in [9.17, 15) is 4.79 Å². The van der Waals surface area contributed by atoms with Gasteiger partial charge in [0.05, 0.1) is 30.6 Å². The standard InChI is InChI=1S/C22H20N6O/c1-15-9-17(5-6-24-15)21-14-28(27-16(21)2)13-20(29)10-19-4-3-18(11-26-19)22-12-23-7-8-25-22/h3-9,11-12,14H,10,13H2,1-2H3. The van der Waals surface area contributed by atoms with Crippen molar-refractivity contribution in [2.45, 2.75) is 26.8 Å². The summed E-state index contributed by atoms with van der Waals surface area (Å²) in [6.45, 7) is 4.10. The van der Waals surface area contributed by atoms with Crippen LogP contribution in [0.1, 0.15) is 17.1 Å². The Kier molecular flexibility index (Phi) is 5.20. The van der Waals surface area contributed by atoms with Crippen molar-refractivity contribution >= 4 is 5.78 Å². The van der Waals surface area contributed by atoms with Crippen molar-refractivity contribution in [3.05, 3.63) is 78.5 Å². The van der Waals surface area contributed by atoms with Crippen molar-refractivity contribution < 1.29 is 4.79 Å². The maximum Gasteiger partial charge on any atom is 0.160 e. The molecule has 7 heteroatoms. The molecule has 0 aromatic carbocycles. The van der Waals surface area contributed by atoms with Crippen LogP contribution in [0, 0.1) is 13.8 Å². The van der Waals surface area contributed by atoms with Gasteiger partial charge < -0.3 is 0 Å². The Morgan fingerprint density at radius 3 is 2.59 bits per heavy atom. The monoisotopic (exact) mass is 384 g/mol. The van der Waals surface area contributed by atoms with Crippen molar-refractivity contribution in [1.82, 2.24) is 29.7 Å². The fraction of sp³-hybridized carbons (Fsp3) is 0.182. The summed E-state index contributed by atoms with van der Waals surface area (Å²) in [7, 11) is 0. The lowest BCUT2D eigenvalue weighted by molar-refractivity contribution is -0.119.